The Labute approximate surface area is 107 Å². The van der Waals surface area contributed by atoms with Crippen LogP contribution in [0.5, 0.6) is 0 Å². The van der Waals surface area contributed by atoms with Crippen molar-refractivity contribution in [1.82, 2.24) is 15.5 Å². The summed E-state index contributed by atoms with van der Waals surface area (Å²) in [5, 5.41) is 17.7. The van der Waals surface area contributed by atoms with Gasteiger partial charge in [-0.25, -0.2) is 0 Å². The molecule has 100 valence electrons. The average Bonchev–Trinajstić information content (AvgIpc) is 3.09. The highest BCUT2D eigenvalue weighted by molar-refractivity contribution is 5.46. The van der Waals surface area contributed by atoms with Gasteiger partial charge in [0, 0.05) is 0 Å². The standard InChI is InChI=1S/C11H12N4O4/c16-15(17)9-5-4-8(18-9)11-13-10(14-19-11)7-3-1-2-6-12-7/h4-5,7,12H,1-3,6H2. The molecule has 0 radical (unpaired) electrons. The van der Waals surface area contributed by atoms with E-state index >= 15 is 0 Å². The Bertz CT molecular complexity index is 585. The molecule has 2 aromatic rings. The van der Waals surface area contributed by atoms with Crippen LogP contribution >= 0.6 is 0 Å². The van der Waals surface area contributed by atoms with Crippen LogP contribution in [0.15, 0.2) is 21.1 Å². The van der Waals surface area contributed by atoms with Crippen LogP contribution in [0.25, 0.3) is 11.7 Å². The minimum absolute atomic E-state index is 0.0798. The van der Waals surface area contributed by atoms with Crippen molar-refractivity contribution >= 4 is 5.88 Å². The number of rotatable bonds is 3. The van der Waals surface area contributed by atoms with Crippen LogP contribution in [0.2, 0.25) is 0 Å². The van der Waals surface area contributed by atoms with Gasteiger partial charge >= 0.3 is 5.88 Å². The molecule has 1 fully saturated rings. The number of piperidine rings is 1. The number of hydrogen-bond acceptors (Lipinski definition) is 7. The quantitative estimate of drug-likeness (QED) is 0.667. The molecular formula is C11H12N4O4. The monoisotopic (exact) mass is 264 g/mol. The summed E-state index contributed by atoms with van der Waals surface area (Å²) < 4.78 is 10.1. The van der Waals surface area contributed by atoms with E-state index in [0.29, 0.717) is 5.82 Å². The molecule has 0 aromatic carbocycles. The second-order valence-electron chi connectivity index (χ2n) is 4.36. The molecule has 0 aliphatic carbocycles. The molecule has 1 aliphatic rings. The largest absolute Gasteiger partial charge is 0.433 e. The zero-order chi connectivity index (χ0) is 13.2. The van der Waals surface area contributed by atoms with Crippen LogP contribution in [0.1, 0.15) is 31.1 Å². The van der Waals surface area contributed by atoms with E-state index in [0.717, 1.165) is 25.8 Å². The summed E-state index contributed by atoms with van der Waals surface area (Å²) in [6.45, 7) is 0.931. The molecule has 0 saturated carbocycles. The summed E-state index contributed by atoms with van der Waals surface area (Å²) >= 11 is 0. The molecule has 0 amide bonds. The lowest BCUT2D eigenvalue weighted by atomic mass is 10.0. The highest BCUT2D eigenvalue weighted by Crippen LogP contribution is 2.27. The van der Waals surface area contributed by atoms with E-state index in [2.05, 4.69) is 15.5 Å². The normalized spacial score (nSPS) is 19.5. The Morgan fingerprint density at radius 3 is 3.00 bits per heavy atom. The molecule has 19 heavy (non-hydrogen) atoms. The van der Waals surface area contributed by atoms with Gasteiger partial charge < -0.3 is 14.3 Å². The Morgan fingerprint density at radius 1 is 1.42 bits per heavy atom. The summed E-state index contributed by atoms with van der Waals surface area (Å²) in [4.78, 5) is 14.1. The molecule has 8 nitrogen and oxygen atoms in total. The third kappa shape index (κ3) is 2.34. The molecule has 0 bridgehead atoms. The van der Waals surface area contributed by atoms with Gasteiger partial charge in [0.15, 0.2) is 11.6 Å². The molecule has 1 N–H and O–H groups in total. The summed E-state index contributed by atoms with van der Waals surface area (Å²) in [7, 11) is 0. The van der Waals surface area contributed by atoms with Crippen molar-refractivity contribution in [2.75, 3.05) is 6.54 Å². The molecule has 2 aromatic heterocycles. The van der Waals surface area contributed by atoms with Gasteiger partial charge in [-0.15, -0.1) is 0 Å². The van der Waals surface area contributed by atoms with Crippen molar-refractivity contribution in [1.29, 1.82) is 0 Å². The lowest BCUT2D eigenvalue weighted by molar-refractivity contribution is -0.401. The number of nitrogens with zero attached hydrogens (tertiary/aromatic N) is 3. The van der Waals surface area contributed by atoms with Crippen LogP contribution < -0.4 is 5.32 Å². The highest BCUT2D eigenvalue weighted by atomic mass is 16.6. The van der Waals surface area contributed by atoms with E-state index in [1.165, 1.54) is 12.1 Å². The van der Waals surface area contributed by atoms with Crippen molar-refractivity contribution in [3.05, 3.63) is 28.1 Å². The molecule has 3 rings (SSSR count). The first-order valence-corrected chi connectivity index (χ1v) is 6.05. The van der Waals surface area contributed by atoms with Gasteiger partial charge in [0.05, 0.1) is 12.1 Å². The molecule has 1 aliphatic heterocycles. The molecule has 0 spiro atoms. The smallest absolute Gasteiger partial charge is 0.395 e. The lowest BCUT2D eigenvalue weighted by Gasteiger charge is -2.19. The summed E-state index contributed by atoms with van der Waals surface area (Å²) in [6.07, 6.45) is 3.22. The summed E-state index contributed by atoms with van der Waals surface area (Å²) in [5.74, 6) is 0.594. The van der Waals surface area contributed by atoms with E-state index in [9.17, 15) is 10.1 Å². The van der Waals surface area contributed by atoms with Crippen LogP contribution in [0.3, 0.4) is 0 Å². The molecule has 1 saturated heterocycles. The number of nitrogens with one attached hydrogen (secondary N) is 1. The van der Waals surface area contributed by atoms with E-state index in [1.54, 1.807) is 0 Å². The summed E-state index contributed by atoms with van der Waals surface area (Å²) in [5.41, 5.74) is 0. The molecule has 3 heterocycles. The highest BCUT2D eigenvalue weighted by Gasteiger charge is 2.23. The maximum Gasteiger partial charge on any atom is 0.433 e. The minimum Gasteiger partial charge on any atom is -0.395 e. The Morgan fingerprint density at radius 2 is 2.32 bits per heavy atom. The van der Waals surface area contributed by atoms with E-state index in [-0.39, 0.29) is 23.6 Å². The maximum atomic E-state index is 10.5. The zero-order valence-corrected chi connectivity index (χ0v) is 10.0. The molecule has 1 unspecified atom stereocenters. The first kappa shape index (κ1) is 11.8. The molecule has 1 atom stereocenters. The van der Waals surface area contributed by atoms with Crippen molar-refractivity contribution in [2.45, 2.75) is 25.3 Å². The summed E-state index contributed by atoms with van der Waals surface area (Å²) in [6, 6.07) is 2.79. The van der Waals surface area contributed by atoms with E-state index in [1.807, 2.05) is 0 Å². The Hall–Kier alpha value is -2.22. The van der Waals surface area contributed by atoms with Gasteiger partial charge in [-0.1, -0.05) is 11.6 Å². The number of hydrogen-bond donors (Lipinski definition) is 1. The second kappa shape index (κ2) is 4.81. The van der Waals surface area contributed by atoms with E-state index in [4.69, 9.17) is 8.94 Å². The predicted octanol–water partition coefficient (Wildman–Crippen LogP) is 2.05. The number of nitro groups is 1. The first-order chi connectivity index (χ1) is 9.24. The minimum atomic E-state index is -0.608. The van der Waals surface area contributed by atoms with Gasteiger partial charge in [0.25, 0.3) is 5.89 Å². The fourth-order valence-electron chi connectivity index (χ4n) is 2.09. The van der Waals surface area contributed by atoms with Crippen molar-refractivity contribution in [2.24, 2.45) is 0 Å². The third-order valence-corrected chi connectivity index (χ3v) is 3.05. The van der Waals surface area contributed by atoms with Crippen molar-refractivity contribution < 1.29 is 13.9 Å². The fourth-order valence-corrected chi connectivity index (χ4v) is 2.09. The Kier molecular flexibility index (Phi) is 3.00. The van der Waals surface area contributed by atoms with Crippen LogP contribution in [0.4, 0.5) is 5.88 Å². The lowest BCUT2D eigenvalue weighted by Crippen LogP contribution is -2.27. The van der Waals surface area contributed by atoms with Crippen LogP contribution in [-0.4, -0.2) is 21.6 Å². The van der Waals surface area contributed by atoms with Gasteiger partial charge in [0.2, 0.25) is 0 Å². The van der Waals surface area contributed by atoms with Crippen molar-refractivity contribution in [3.8, 4) is 11.7 Å². The van der Waals surface area contributed by atoms with Gasteiger partial charge in [-0.3, -0.25) is 10.1 Å². The topological polar surface area (TPSA) is 107 Å². The van der Waals surface area contributed by atoms with Crippen LogP contribution in [-0.2, 0) is 0 Å². The fraction of sp³-hybridized carbons (Fsp3) is 0.455. The SMILES string of the molecule is O=[N+]([O-])c1ccc(-c2nc(C3CCCCN3)no2)o1. The molecular weight excluding hydrogens is 252 g/mol. The predicted molar refractivity (Wildman–Crippen MR) is 63.2 cm³/mol. The van der Waals surface area contributed by atoms with Gasteiger partial charge in [-0.05, 0) is 25.5 Å². The van der Waals surface area contributed by atoms with Crippen molar-refractivity contribution in [3.63, 3.8) is 0 Å². The van der Waals surface area contributed by atoms with Gasteiger partial charge in [0.1, 0.15) is 4.92 Å². The second-order valence-corrected chi connectivity index (χ2v) is 4.36. The molecule has 8 heteroatoms. The third-order valence-electron chi connectivity index (χ3n) is 3.05. The van der Waals surface area contributed by atoms with E-state index < -0.39 is 4.92 Å². The number of aromatic nitrogens is 2. The average molecular weight is 264 g/mol. The maximum absolute atomic E-state index is 10.5. The van der Waals surface area contributed by atoms with Gasteiger partial charge in [-0.2, -0.15) is 4.98 Å². The zero-order valence-electron chi connectivity index (χ0n) is 10.0. The first-order valence-electron chi connectivity index (χ1n) is 6.05. The van der Waals surface area contributed by atoms with Crippen LogP contribution in [0, 0.1) is 10.1 Å². The Balaban J connectivity index is 1.81. The number of furan rings is 1.